The van der Waals surface area contributed by atoms with Crippen molar-refractivity contribution in [3.05, 3.63) is 63.7 Å². The van der Waals surface area contributed by atoms with Gasteiger partial charge in [0.1, 0.15) is 11.5 Å². The average molecular weight is 303 g/mol. The van der Waals surface area contributed by atoms with Crippen LogP contribution in [0.1, 0.15) is 22.3 Å². The molecule has 0 aliphatic carbocycles. The number of carbonyl (C=O) groups is 1. The Kier molecular flexibility index (Phi) is 5.03. The smallest absolute Gasteiger partial charge is 0.141 e. The highest BCUT2D eigenvalue weighted by molar-refractivity contribution is 6.31. The minimum Gasteiger partial charge on any atom is -0.496 e. The second-order valence-corrected chi connectivity index (χ2v) is 5.69. The van der Waals surface area contributed by atoms with Gasteiger partial charge in [-0.3, -0.25) is 4.79 Å². The van der Waals surface area contributed by atoms with E-state index in [1.54, 1.807) is 7.11 Å². The Hall–Kier alpha value is -1.80. The lowest BCUT2D eigenvalue weighted by Gasteiger charge is -2.08. The number of rotatable bonds is 5. The highest BCUT2D eigenvalue weighted by Crippen LogP contribution is 2.20. The maximum absolute atomic E-state index is 12.2. The Bertz CT molecular complexity index is 662. The summed E-state index contributed by atoms with van der Waals surface area (Å²) in [6.45, 7) is 3.93. The molecule has 2 nitrogen and oxygen atoms in total. The van der Waals surface area contributed by atoms with Crippen molar-refractivity contribution in [3.8, 4) is 5.75 Å². The standard InChI is InChI=1S/C18H19ClO2/c1-12-4-5-15(11-18(12)21-3)10-16(20)9-14-6-7-17(19)13(2)8-14/h4-8,11H,9-10H2,1-3H3. The van der Waals surface area contributed by atoms with Crippen molar-refractivity contribution in [1.82, 2.24) is 0 Å². The van der Waals surface area contributed by atoms with Gasteiger partial charge in [-0.1, -0.05) is 35.9 Å². The fourth-order valence-electron chi connectivity index (χ4n) is 2.31. The Morgan fingerprint density at radius 1 is 1.00 bits per heavy atom. The van der Waals surface area contributed by atoms with E-state index in [1.807, 2.05) is 50.2 Å². The number of halogens is 1. The molecule has 3 heteroatoms. The Morgan fingerprint density at radius 2 is 1.62 bits per heavy atom. The van der Waals surface area contributed by atoms with Crippen LogP contribution in [0.15, 0.2) is 36.4 Å². The van der Waals surface area contributed by atoms with Gasteiger partial charge < -0.3 is 4.74 Å². The van der Waals surface area contributed by atoms with Crippen molar-refractivity contribution in [2.75, 3.05) is 7.11 Å². The van der Waals surface area contributed by atoms with E-state index in [0.717, 1.165) is 33.0 Å². The van der Waals surface area contributed by atoms with E-state index in [-0.39, 0.29) is 5.78 Å². The van der Waals surface area contributed by atoms with Crippen molar-refractivity contribution in [2.24, 2.45) is 0 Å². The van der Waals surface area contributed by atoms with Gasteiger partial charge in [-0.25, -0.2) is 0 Å². The minimum absolute atomic E-state index is 0.183. The van der Waals surface area contributed by atoms with E-state index in [4.69, 9.17) is 16.3 Å². The van der Waals surface area contributed by atoms with Crippen LogP contribution in [-0.2, 0) is 17.6 Å². The SMILES string of the molecule is COc1cc(CC(=O)Cc2ccc(Cl)c(C)c2)ccc1C. The molecule has 2 aromatic carbocycles. The fourth-order valence-corrected chi connectivity index (χ4v) is 2.43. The zero-order valence-corrected chi connectivity index (χ0v) is 13.3. The first-order chi connectivity index (χ1) is 9.99. The summed E-state index contributed by atoms with van der Waals surface area (Å²) in [5.74, 6) is 1.00. The van der Waals surface area contributed by atoms with Crippen LogP contribution in [0.3, 0.4) is 0 Å². The van der Waals surface area contributed by atoms with Crippen LogP contribution in [-0.4, -0.2) is 12.9 Å². The monoisotopic (exact) mass is 302 g/mol. The minimum atomic E-state index is 0.183. The molecule has 0 N–H and O–H groups in total. The van der Waals surface area contributed by atoms with Gasteiger partial charge in [-0.15, -0.1) is 0 Å². The summed E-state index contributed by atoms with van der Waals surface area (Å²) in [5, 5.41) is 0.731. The molecule has 0 spiro atoms. The molecule has 0 aliphatic rings. The summed E-state index contributed by atoms with van der Waals surface area (Å²) >= 11 is 6.00. The van der Waals surface area contributed by atoms with E-state index in [1.165, 1.54) is 0 Å². The summed E-state index contributed by atoms with van der Waals surface area (Å²) in [5.41, 5.74) is 4.05. The molecule has 2 aromatic rings. The van der Waals surface area contributed by atoms with E-state index >= 15 is 0 Å². The van der Waals surface area contributed by atoms with E-state index < -0.39 is 0 Å². The number of ketones is 1. The van der Waals surface area contributed by atoms with Crippen LogP contribution in [0.2, 0.25) is 5.02 Å². The predicted molar refractivity (Wildman–Crippen MR) is 86.3 cm³/mol. The molecule has 0 aromatic heterocycles. The zero-order chi connectivity index (χ0) is 15.4. The van der Waals surface area contributed by atoms with Gasteiger partial charge in [0.15, 0.2) is 0 Å². The molecule has 21 heavy (non-hydrogen) atoms. The van der Waals surface area contributed by atoms with Crippen LogP contribution in [0.25, 0.3) is 0 Å². The number of hydrogen-bond acceptors (Lipinski definition) is 2. The molecule has 0 atom stereocenters. The maximum Gasteiger partial charge on any atom is 0.141 e. The second-order valence-electron chi connectivity index (χ2n) is 5.28. The van der Waals surface area contributed by atoms with Gasteiger partial charge in [0, 0.05) is 17.9 Å². The average Bonchev–Trinajstić information content (AvgIpc) is 2.45. The fraction of sp³-hybridized carbons (Fsp3) is 0.278. The van der Waals surface area contributed by atoms with Crippen molar-refractivity contribution in [2.45, 2.75) is 26.7 Å². The van der Waals surface area contributed by atoms with Gasteiger partial charge in [0.25, 0.3) is 0 Å². The first-order valence-corrected chi connectivity index (χ1v) is 7.27. The highest BCUT2D eigenvalue weighted by Gasteiger charge is 2.08. The largest absolute Gasteiger partial charge is 0.496 e. The number of ether oxygens (including phenoxy) is 1. The van der Waals surface area contributed by atoms with Gasteiger partial charge in [0.05, 0.1) is 7.11 Å². The second kappa shape index (κ2) is 6.77. The highest BCUT2D eigenvalue weighted by atomic mass is 35.5. The van der Waals surface area contributed by atoms with Gasteiger partial charge in [0.2, 0.25) is 0 Å². The number of aryl methyl sites for hydroxylation is 2. The van der Waals surface area contributed by atoms with Crippen LogP contribution in [0.4, 0.5) is 0 Å². The van der Waals surface area contributed by atoms with Crippen molar-refractivity contribution < 1.29 is 9.53 Å². The topological polar surface area (TPSA) is 26.3 Å². The first-order valence-electron chi connectivity index (χ1n) is 6.90. The molecule has 0 saturated heterocycles. The summed E-state index contributed by atoms with van der Waals surface area (Å²) < 4.78 is 5.29. The number of Topliss-reactive ketones (excluding diaryl/α,β-unsaturated/α-hetero) is 1. The third-order valence-corrected chi connectivity index (χ3v) is 3.92. The van der Waals surface area contributed by atoms with Crippen molar-refractivity contribution in [3.63, 3.8) is 0 Å². The van der Waals surface area contributed by atoms with Crippen molar-refractivity contribution in [1.29, 1.82) is 0 Å². The lowest BCUT2D eigenvalue weighted by atomic mass is 10.0. The molecule has 0 heterocycles. The first kappa shape index (κ1) is 15.6. The predicted octanol–water partition coefficient (Wildman–Crippen LogP) is 4.32. The van der Waals surface area contributed by atoms with Crippen LogP contribution >= 0.6 is 11.6 Å². The van der Waals surface area contributed by atoms with Crippen LogP contribution in [0, 0.1) is 13.8 Å². The molecule has 0 radical (unpaired) electrons. The molecular formula is C18H19ClO2. The molecule has 2 rings (SSSR count). The van der Waals surface area contributed by atoms with E-state index in [2.05, 4.69) is 0 Å². The molecule has 0 bridgehead atoms. The maximum atomic E-state index is 12.2. The molecule has 0 unspecified atom stereocenters. The summed E-state index contributed by atoms with van der Waals surface area (Å²) in [4.78, 5) is 12.2. The molecule has 0 fully saturated rings. The number of benzene rings is 2. The zero-order valence-electron chi connectivity index (χ0n) is 12.6. The Labute approximate surface area is 130 Å². The number of methoxy groups -OCH3 is 1. The quantitative estimate of drug-likeness (QED) is 0.822. The third-order valence-electron chi connectivity index (χ3n) is 3.50. The van der Waals surface area contributed by atoms with Gasteiger partial charge >= 0.3 is 0 Å². The van der Waals surface area contributed by atoms with Crippen LogP contribution < -0.4 is 4.74 Å². The normalized spacial score (nSPS) is 10.5. The summed E-state index contributed by atoms with van der Waals surface area (Å²) in [6.07, 6.45) is 0.840. The molecular weight excluding hydrogens is 284 g/mol. The lowest BCUT2D eigenvalue weighted by Crippen LogP contribution is -2.07. The summed E-state index contributed by atoms with van der Waals surface area (Å²) in [6, 6.07) is 11.6. The van der Waals surface area contributed by atoms with Crippen molar-refractivity contribution >= 4 is 17.4 Å². The van der Waals surface area contributed by atoms with Gasteiger partial charge in [-0.2, -0.15) is 0 Å². The lowest BCUT2D eigenvalue weighted by molar-refractivity contribution is -0.117. The summed E-state index contributed by atoms with van der Waals surface area (Å²) in [7, 11) is 1.64. The molecule has 0 saturated carbocycles. The van der Waals surface area contributed by atoms with E-state index in [0.29, 0.717) is 12.8 Å². The number of hydrogen-bond donors (Lipinski definition) is 0. The van der Waals surface area contributed by atoms with Gasteiger partial charge in [-0.05, 0) is 48.2 Å². The Balaban J connectivity index is 2.06. The molecule has 0 amide bonds. The number of carbonyl (C=O) groups excluding carboxylic acids is 1. The third kappa shape index (κ3) is 4.08. The van der Waals surface area contributed by atoms with Crippen LogP contribution in [0.5, 0.6) is 5.75 Å². The molecule has 110 valence electrons. The van der Waals surface area contributed by atoms with E-state index in [9.17, 15) is 4.79 Å². The Morgan fingerprint density at radius 3 is 2.24 bits per heavy atom. The molecule has 0 aliphatic heterocycles.